The van der Waals surface area contributed by atoms with Crippen molar-refractivity contribution in [3.8, 4) is 0 Å². The smallest absolute Gasteiger partial charge is 0.311 e. The molecule has 0 amide bonds. The summed E-state index contributed by atoms with van der Waals surface area (Å²) in [7, 11) is 1.33. The van der Waals surface area contributed by atoms with E-state index in [0.29, 0.717) is 6.42 Å². The van der Waals surface area contributed by atoms with E-state index in [4.69, 9.17) is 5.53 Å². The number of azide groups is 1. The molecule has 0 saturated carbocycles. The predicted octanol–water partition coefficient (Wildman–Crippen LogP) is 1.89. The number of methoxy groups -OCH3 is 1. The van der Waals surface area contributed by atoms with Gasteiger partial charge in [-0.2, -0.15) is 0 Å². The van der Waals surface area contributed by atoms with Gasteiger partial charge in [0.25, 0.3) is 0 Å². The maximum atomic E-state index is 11.2. The summed E-state index contributed by atoms with van der Waals surface area (Å²) < 4.78 is 4.58. The summed E-state index contributed by atoms with van der Waals surface area (Å²) in [6.45, 7) is 3.71. The maximum absolute atomic E-state index is 11.2. The molecule has 5 nitrogen and oxygen atoms in total. The second-order valence-electron chi connectivity index (χ2n) is 2.79. The van der Waals surface area contributed by atoms with Gasteiger partial charge in [0, 0.05) is 11.5 Å². The van der Waals surface area contributed by atoms with Crippen LogP contribution in [0.5, 0.6) is 0 Å². The van der Waals surface area contributed by atoms with Gasteiger partial charge >= 0.3 is 5.97 Å². The van der Waals surface area contributed by atoms with Crippen molar-refractivity contribution in [1.29, 1.82) is 0 Å². The van der Waals surface area contributed by atoms with Crippen molar-refractivity contribution < 1.29 is 9.53 Å². The third-order valence-corrected chi connectivity index (χ3v) is 1.94. The van der Waals surface area contributed by atoms with Crippen molar-refractivity contribution >= 4 is 5.97 Å². The summed E-state index contributed by atoms with van der Waals surface area (Å²) in [6.07, 6.45) is 0.596. The lowest BCUT2D eigenvalue weighted by Gasteiger charge is -2.22. The van der Waals surface area contributed by atoms with Crippen molar-refractivity contribution in [2.24, 2.45) is 10.5 Å². The average molecular weight is 171 g/mol. The molecule has 0 aromatic rings. The Kier molecular flexibility index (Phi) is 4.15. The first kappa shape index (κ1) is 10.8. The number of rotatable bonds is 4. The van der Waals surface area contributed by atoms with Gasteiger partial charge in [-0.3, -0.25) is 4.79 Å². The molecule has 0 radical (unpaired) electrons. The van der Waals surface area contributed by atoms with Gasteiger partial charge in [0.1, 0.15) is 0 Å². The Hall–Kier alpha value is -1.22. The number of carbonyl (C=O) groups is 1. The van der Waals surface area contributed by atoms with Crippen LogP contribution in [0, 0.1) is 5.41 Å². The number of hydrogen-bond acceptors (Lipinski definition) is 3. The molecular weight excluding hydrogens is 158 g/mol. The normalized spacial score (nSPS) is 14.2. The molecule has 0 aliphatic carbocycles. The minimum Gasteiger partial charge on any atom is -0.469 e. The largest absolute Gasteiger partial charge is 0.469 e. The molecule has 0 spiro atoms. The van der Waals surface area contributed by atoms with Gasteiger partial charge in [-0.15, -0.1) is 0 Å². The second kappa shape index (κ2) is 4.62. The number of hydrogen-bond donors (Lipinski definition) is 0. The van der Waals surface area contributed by atoms with Crippen LogP contribution in [0.3, 0.4) is 0 Å². The second-order valence-corrected chi connectivity index (χ2v) is 2.79. The quantitative estimate of drug-likeness (QED) is 0.280. The molecule has 0 rings (SSSR count). The maximum Gasteiger partial charge on any atom is 0.311 e. The minimum absolute atomic E-state index is 0.146. The first-order chi connectivity index (χ1) is 5.60. The van der Waals surface area contributed by atoms with Crippen LogP contribution >= 0.6 is 0 Å². The van der Waals surface area contributed by atoms with Crippen molar-refractivity contribution in [1.82, 2.24) is 0 Å². The minimum atomic E-state index is -0.680. The van der Waals surface area contributed by atoms with E-state index in [1.54, 1.807) is 6.92 Å². The summed E-state index contributed by atoms with van der Waals surface area (Å²) in [5, 5.41) is 3.36. The lowest BCUT2D eigenvalue weighted by molar-refractivity contribution is -0.151. The highest BCUT2D eigenvalue weighted by atomic mass is 16.5. The van der Waals surface area contributed by atoms with E-state index in [1.165, 1.54) is 7.11 Å². The van der Waals surface area contributed by atoms with Crippen LogP contribution in [0.2, 0.25) is 0 Å². The highest BCUT2D eigenvalue weighted by Gasteiger charge is 2.31. The molecule has 0 saturated heterocycles. The Bertz CT molecular complexity index is 211. The van der Waals surface area contributed by atoms with E-state index >= 15 is 0 Å². The number of carbonyl (C=O) groups excluding carboxylic acids is 1. The summed E-state index contributed by atoms with van der Waals surface area (Å²) >= 11 is 0. The molecule has 0 N–H and O–H groups in total. The van der Waals surface area contributed by atoms with E-state index < -0.39 is 5.41 Å². The summed E-state index contributed by atoms with van der Waals surface area (Å²) in [5.41, 5.74) is 7.41. The Morgan fingerprint density at radius 3 is 2.67 bits per heavy atom. The fraction of sp³-hybridized carbons (Fsp3) is 0.857. The standard InChI is InChI=1S/C7H13N3O2/c1-4-7(2,5-9-10-8)6(11)12-3/h4-5H2,1-3H3. The fourth-order valence-corrected chi connectivity index (χ4v) is 0.755. The van der Waals surface area contributed by atoms with Gasteiger partial charge in [0.15, 0.2) is 0 Å². The Labute approximate surface area is 71.3 Å². The summed E-state index contributed by atoms with van der Waals surface area (Å²) in [6, 6.07) is 0. The molecule has 0 aromatic heterocycles. The molecule has 0 bridgehead atoms. The highest BCUT2D eigenvalue weighted by Crippen LogP contribution is 2.23. The number of nitrogens with zero attached hydrogens (tertiary/aromatic N) is 3. The molecule has 12 heavy (non-hydrogen) atoms. The van der Waals surface area contributed by atoms with Crippen LogP contribution in [-0.4, -0.2) is 19.6 Å². The van der Waals surface area contributed by atoms with Crippen LogP contribution in [0.15, 0.2) is 5.11 Å². The van der Waals surface area contributed by atoms with E-state index in [0.717, 1.165) is 0 Å². The zero-order chi connectivity index (χ0) is 9.61. The van der Waals surface area contributed by atoms with Gasteiger partial charge in [-0.05, 0) is 18.9 Å². The molecule has 0 fully saturated rings. The van der Waals surface area contributed by atoms with Crippen molar-refractivity contribution in [3.05, 3.63) is 10.4 Å². The number of ether oxygens (including phenoxy) is 1. The zero-order valence-electron chi connectivity index (χ0n) is 7.57. The van der Waals surface area contributed by atoms with Crippen LogP contribution in [-0.2, 0) is 9.53 Å². The SMILES string of the molecule is CCC(C)(CN=[N+]=[N-])C(=O)OC. The van der Waals surface area contributed by atoms with Gasteiger partial charge in [-0.25, -0.2) is 0 Å². The van der Waals surface area contributed by atoms with E-state index in [2.05, 4.69) is 14.8 Å². The van der Waals surface area contributed by atoms with Gasteiger partial charge in [0.2, 0.25) is 0 Å². The average Bonchev–Trinajstić information content (AvgIpc) is 2.12. The number of esters is 1. The van der Waals surface area contributed by atoms with Crippen molar-refractivity contribution in [2.75, 3.05) is 13.7 Å². The van der Waals surface area contributed by atoms with E-state index in [-0.39, 0.29) is 12.5 Å². The molecule has 0 aliphatic heterocycles. The first-order valence-corrected chi connectivity index (χ1v) is 3.70. The van der Waals surface area contributed by atoms with E-state index in [9.17, 15) is 4.79 Å². The molecule has 0 aromatic carbocycles. The van der Waals surface area contributed by atoms with Gasteiger partial charge in [0.05, 0.1) is 12.5 Å². The van der Waals surface area contributed by atoms with Gasteiger partial charge < -0.3 is 4.74 Å². The third kappa shape index (κ3) is 2.43. The molecule has 5 heteroatoms. The fourth-order valence-electron chi connectivity index (χ4n) is 0.755. The zero-order valence-corrected chi connectivity index (χ0v) is 7.57. The Morgan fingerprint density at radius 2 is 2.33 bits per heavy atom. The van der Waals surface area contributed by atoms with Crippen molar-refractivity contribution in [3.63, 3.8) is 0 Å². The summed E-state index contributed by atoms with van der Waals surface area (Å²) in [5.74, 6) is -0.336. The topological polar surface area (TPSA) is 75.1 Å². The molecular formula is C7H13N3O2. The lowest BCUT2D eigenvalue weighted by atomic mass is 9.88. The van der Waals surface area contributed by atoms with Crippen LogP contribution in [0.1, 0.15) is 20.3 Å². The molecule has 1 atom stereocenters. The summed E-state index contributed by atoms with van der Waals surface area (Å²) in [4.78, 5) is 13.8. The van der Waals surface area contributed by atoms with E-state index in [1.807, 2.05) is 6.92 Å². The van der Waals surface area contributed by atoms with Crippen molar-refractivity contribution in [2.45, 2.75) is 20.3 Å². The molecule has 0 aliphatic rings. The van der Waals surface area contributed by atoms with Crippen LogP contribution in [0.25, 0.3) is 10.4 Å². The Balaban J connectivity index is 4.43. The Morgan fingerprint density at radius 1 is 1.75 bits per heavy atom. The highest BCUT2D eigenvalue weighted by molar-refractivity contribution is 5.76. The van der Waals surface area contributed by atoms with Crippen LogP contribution < -0.4 is 0 Å². The van der Waals surface area contributed by atoms with Crippen LogP contribution in [0.4, 0.5) is 0 Å². The third-order valence-electron chi connectivity index (χ3n) is 1.94. The first-order valence-electron chi connectivity index (χ1n) is 3.70. The lowest BCUT2D eigenvalue weighted by Crippen LogP contribution is -2.31. The predicted molar refractivity (Wildman–Crippen MR) is 44.4 cm³/mol. The molecule has 0 heterocycles. The monoisotopic (exact) mass is 171 g/mol. The molecule has 1 unspecified atom stereocenters. The van der Waals surface area contributed by atoms with Gasteiger partial charge in [-0.1, -0.05) is 12.0 Å². The molecule has 68 valence electrons.